The Labute approximate surface area is 140 Å². The van der Waals surface area contributed by atoms with Crippen LogP contribution in [0.4, 0.5) is 14.9 Å². The van der Waals surface area contributed by atoms with Gasteiger partial charge < -0.3 is 9.64 Å². The van der Waals surface area contributed by atoms with Crippen molar-refractivity contribution < 1.29 is 18.8 Å². The predicted molar refractivity (Wildman–Crippen MR) is 88.1 cm³/mol. The summed E-state index contributed by atoms with van der Waals surface area (Å²) in [7, 11) is 0. The van der Waals surface area contributed by atoms with E-state index in [2.05, 4.69) is 0 Å². The van der Waals surface area contributed by atoms with Crippen LogP contribution in [0.2, 0.25) is 0 Å². The van der Waals surface area contributed by atoms with Gasteiger partial charge in [-0.3, -0.25) is 10.1 Å². The summed E-state index contributed by atoms with van der Waals surface area (Å²) >= 11 is 0. The number of nitro benzene ring substituents is 1. The van der Waals surface area contributed by atoms with Gasteiger partial charge in [0.25, 0.3) is 0 Å². The maximum Gasteiger partial charge on any atom is 0.410 e. The van der Waals surface area contributed by atoms with Crippen molar-refractivity contribution in [1.82, 2.24) is 4.90 Å². The lowest BCUT2D eigenvalue weighted by atomic mass is 10.0. The minimum atomic E-state index is -0.847. The van der Waals surface area contributed by atoms with Gasteiger partial charge in [0.05, 0.1) is 4.92 Å². The number of hydrogen-bond donors (Lipinski definition) is 0. The summed E-state index contributed by atoms with van der Waals surface area (Å²) in [6, 6.07) is 3.84. The highest BCUT2D eigenvalue weighted by Crippen LogP contribution is 2.24. The topological polar surface area (TPSA) is 72.7 Å². The number of rotatable bonds is 2. The van der Waals surface area contributed by atoms with E-state index >= 15 is 0 Å². The molecule has 1 aliphatic heterocycles. The van der Waals surface area contributed by atoms with Crippen LogP contribution in [0, 0.1) is 15.9 Å². The monoisotopic (exact) mass is 336 g/mol. The summed E-state index contributed by atoms with van der Waals surface area (Å²) in [4.78, 5) is 23.5. The lowest BCUT2D eigenvalue weighted by molar-refractivity contribution is -0.387. The molecule has 24 heavy (non-hydrogen) atoms. The Balaban J connectivity index is 1.99. The molecule has 0 N–H and O–H groups in total. The molecule has 0 aliphatic carbocycles. The molecule has 0 aromatic heterocycles. The average Bonchev–Trinajstić information content (AvgIpc) is 2.45. The molecule has 2 rings (SSSR count). The van der Waals surface area contributed by atoms with E-state index < -0.39 is 22.0 Å². The van der Waals surface area contributed by atoms with Crippen molar-refractivity contribution in [2.45, 2.75) is 39.2 Å². The first-order valence-corrected chi connectivity index (χ1v) is 7.77. The molecule has 1 fully saturated rings. The number of piperidine rings is 1. The SMILES string of the molecule is CC(C)(C)OC(=O)N1CCC(=Cc2ccc([N+](=O)[O-])c(F)c2)CC1. The lowest BCUT2D eigenvalue weighted by Gasteiger charge is -2.31. The largest absolute Gasteiger partial charge is 0.444 e. The van der Waals surface area contributed by atoms with Gasteiger partial charge in [0.2, 0.25) is 5.82 Å². The molecule has 130 valence electrons. The van der Waals surface area contributed by atoms with Crippen LogP contribution in [0.5, 0.6) is 0 Å². The molecule has 1 aliphatic rings. The van der Waals surface area contributed by atoms with E-state index in [1.165, 1.54) is 6.07 Å². The summed E-state index contributed by atoms with van der Waals surface area (Å²) in [5.41, 5.74) is 0.600. The van der Waals surface area contributed by atoms with E-state index in [0.717, 1.165) is 17.7 Å². The van der Waals surface area contributed by atoms with Crippen molar-refractivity contribution >= 4 is 17.9 Å². The summed E-state index contributed by atoms with van der Waals surface area (Å²) in [6.45, 7) is 6.54. The van der Waals surface area contributed by atoms with E-state index in [1.54, 1.807) is 4.90 Å². The quantitative estimate of drug-likeness (QED) is 0.601. The zero-order chi connectivity index (χ0) is 17.9. The second kappa shape index (κ2) is 6.98. The summed E-state index contributed by atoms with van der Waals surface area (Å²) in [5, 5.41) is 10.6. The van der Waals surface area contributed by atoms with Gasteiger partial charge in [-0.15, -0.1) is 0 Å². The zero-order valence-corrected chi connectivity index (χ0v) is 14.0. The molecule has 1 amide bonds. The van der Waals surface area contributed by atoms with Crippen LogP contribution in [0.3, 0.4) is 0 Å². The fraction of sp³-hybridized carbons (Fsp3) is 0.471. The molecular weight excluding hydrogens is 315 g/mol. The molecule has 6 nitrogen and oxygen atoms in total. The average molecular weight is 336 g/mol. The van der Waals surface area contributed by atoms with Gasteiger partial charge in [-0.25, -0.2) is 4.79 Å². The predicted octanol–water partition coefficient (Wildman–Crippen LogP) is 4.15. The number of amides is 1. The summed E-state index contributed by atoms with van der Waals surface area (Å²) in [6.07, 6.45) is 2.82. The number of hydrogen-bond acceptors (Lipinski definition) is 4. The van der Waals surface area contributed by atoms with Crippen LogP contribution in [0.25, 0.3) is 6.08 Å². The van der Waals surface area contributed by atoms with E-state index in [1.807, 2.05) is 26.8 Å². The standard InChI is InChI=1S/C17H21FN2O4/c1-17(2,3)24-16(21)19-8-6-12(7-9-19)10-13-4-5-15(20(22)23)14(18)11-13/h4-5,10-11H,6-9H2,1-3H3. The molecule has 0 spiro atoms. The number of ether oxygens (including phenoxy) is 1. The van der Waals surface area contributed by atoms with Crippen molar-refractivity contribution in [2.75, 3.05) is 13.1 Å². The Hall–Kier alpha value is -2.44. The van der Waals surface area contributed by atoms with Crippen molar-refractivity contribution in [3.63, 3.8) is 0 Å². The Morgan fingerprint density at radius 1 is 1.33 bits per heavy atom. The Morgan fingerprint density at radius 2 is 1.96 bits per heavy atom. The molecule has 1 aromatic rings. The van der Waals surface area contributed by atoms with Crippen molar-refractivity contribution in [1.29, 1.82) is 0 Å². The number of nitro groups is 1. The maximum atomic E-state index is 13.6. The molecule has 1 saturated heterocycles. The number of carbonyl (C=O) groups excluding carboxylic acids is 1. The Morgan fingerprint density at radius 3 is 2.46 bits per heavy atom. The third-order valence-electron chi connectivity index (χ3n) is 3.60. The third kappa shape index (κ3) is 4.78. The van der Waals surface area contributed by atoms with Crippen LogP contribution in [0.15, 0.2) is 23.8 Å². The van der Waals surface area contributed by atoms with E-state index in [-0.39, 0.29) is 6.09 Å². The minimum absolute atomic E-state index is 0.331. The number of benzene rings is 1. The molecule has 0 radical (unpaired) electrons. The van der Waals surface area contributed by atoms with Gasteiger partial charge in [0.1, 0.15) is 5.60 Å². The summed E-state index contributed by atoms with van der Waals surface area (Å²) in [5.74, 6) is -0.847. The molecule has 0 unspecified atom stereocenters. The van der Waals surface area contributed by atoms with Crippen molar-refractivity contribution in [2.24, 2.45) is 0 Å². The molecule has 0 atom stereocenters. The van der Waals surface area contributed by atoms with E-state index in [9.17, 15) is 19.3 Å². The highest BCUT2D eigenvalue weighted by molar-refractivity contribution is 5.68. The van der Waals surface area contributed by atoms with Crippen molar-refractivity contribution in [3.05, 3.63) is 45.3 Å². The van der Waals surface area contributed by atoms with Crippen LogP contribution < -0.4 is 0 Å². The van der Waals surface area contributed by atoms with E-state index in [4.69, 9.17) is 4.74 Å². The van der Waals surface area contributed by atoms with Gasteiger partial charge in [0.15, 0.2) is 0 Å². The van der Waals surface area contributed by atoms with Gasteiger partial charge in [0, 0.05) is 19.2 Å². The molecular formula is C17H21FN2O4. The van der Waals surface area contributed by atoms with Crippen LogP contribution in [-0.4, -0.2) is 34.6 Å². The zero-order valence-electron chi connectivity index (χ0n) is 14.0. The van der Waals surface area contributed by atoms with Gasteiger partial charge in [-0.2, -0.15) is 4.39 Å². The van der Waals surface area contributed by atoms with Gasteiger partial charge in [-0.1, -0.05) is 11.6 Å². The first-order chi connectivity index (χ1) is 11.2. The molecule has 1 aromatic carbocycles. The molecule has 7 heteroatoms. The van der Waals surface area contributed by atoms with Crippen LogP contribution >= 0.6 is 0 Å². The van der Waals surface area contributed by atoms with Crippen molar-refractivity contribution in [3.8, 4) is 0 Å². The first kappa shape index (κ1) is 17.9. The van der Waals surface area contributed by atoms with Crippen LogP contribution in [-0.2, 0) is 4.74 Å². The second-order valence-electron chi connectivity index (χ2n) is 6.74. The number of likely N-dealkylation sites (tertiary alicyclic amines) is 1. The van der Waals surface area contributed by atoms with Crippen LogP contribution in [0.1, 0.15) is 39.2 Å². The third-order valence-corrected chi connectivity index (χ3v) is 3.60. The number of nitrogens with zero attached hydrogens (tertiary/aromatic N) is 2. The number of halogens is 1. The lowest BCUT2D eigenvalue weighted by Crippen LogP contribution is -2.40. The second-order valence-corrected chi connectivity index (χ2v) is 6.74. The number of carbonyl (C=O) groups is 1. The Kier molecular flexibility index (Phi) is 5.21. The maximum absolute atomic E-state index is 13.6. The molecule has 0 bridgehead atoms. The van der Waals surface area contributed by atoms with E-state index in [0.29, 0.717) is 31.5 Å². The minimum Gasteiger partial charge on any atom is -0.444 e. The Bertz CT molecular complexity index is 670. The normalized spacial score (nSPS) is 15.2. The smallest absolute Gasteiger partial charge is 0.410 e. The van der Waals surface area contributed by atoms with Gasteiger partial charge >= 0.3 is 11.8 Å². The van der Waals surface area contributed by atoms with Gasteiger partial charge in [-0.05, 0) is 51.3 Å². The fourth-order valence-corrected chi connectivity index (χ4v) is 2.44. The highest BCUT2D eigenvalue weighted by atomic mass is 19.1. The summed E-state index contributed by atoms with van der Waals surface area (Å²) < 4.78 is 19.0. The fourth-order valence-electron chi connectivity index (χ4n) is 2.44. The highest BCUT2D eigenvalue weighted by Gasteiger charge is 2.24. The molecule has 1 heterocycles. The molecule has 0 saturated carbocycles. The first-order valence-electron chi connectivity index (χ1n) is 7.77.